The predicted molar refractivity (Wildman–Crippen MR) is 179 cm³/mol. The average Bonchev–Trinajstić information content (AvgIpc) is 3.31. The van der Waals surface area contributed by atoms with Crippen LogP contribution < -0.4 is 0 Å². The molecule has 7 atom stereocenters. The van der Waals surface area contributed by atoms with Gasteiger partial charge in [-0.25, -0.2) is 8.42 Å². The lowest BCUT2D eigenvalue weighted by molar-refractivity contribution is -0.113. The van der Waals surface area contributed by atoms with E-state index in [1.807, 2.05) is 0 Å². The summed E-state index contributed by atoms with van der Waals surface area (Å²) < 4.78 is 42.2. The van der Waals surface area contributed by atoms with Crippen LogP contribution in [0.1, 0.15) is 100 Å². The maximum absolute atomic E-state index is 14.0. The molecule has 1 aliphatic heterocycles. The Kier molecular flexibility index (Phi) is 9.28. The van der Waals surface area contributed by atoms with Crippen molar-refractivity contribution in [3.05, 3.63) is 22.8 Å². The van der Waals surface area contributed by atoms with Gasteiger partial charge in [0.15, 0.2) is 26.5 Å². The normalized spacial score (nSPS) is 35.7. The van der Waals surface area contributed by atoms with Crippen LogP contribution >= 0.6 is 0 Å². The minimum atomic E-state index is -3.39. The molecule has 5 nitrogen and oxygen atoms in total. The molecule has 2 fully saturated rings. The third-order valence-corrected chi connectivity index (χ3v) is 23.5. The molecule has 0 aromatic rings. The van der Waals surface area contributed by atoms with E-state index in [1.165, 1.54) is 5.57 Å². The lowest BCUT2D eigenvalue weighted by Crippen LogP contribution is -2.49. The van der Waals surface area contributed by atoms with Gasteiger partial charge in [-0.2, -0.15) is 0 Å². The molecule has 0 saturated heterocycles. The second kappa shape index (κ2) is 11.4. The van der Waals surface area contributed by atoms with Gasteiger partial charge in [-0.05, 0) is 103 Å². The highest BCUT2D eigenvalue weighted by Gasteiger charge is 2.53. The summed E-state index contributed by atoms with van der Waals surface area (Å²) in [5, 5.41) is -0.474. The number of rotatable bonds is 7. The summed E-state index contributed by atoms with van der Waals surface area (Å²) in [4.78, 5) is 11.8. The summed E-state index contributed by atoms with van der Waals surface area (Å²) in [6.45, 7) is 27.1. The zero-order chi connectivity index (χ0) is 31.7. The molecule has 4 aliphatic rings. The summed E-state index contributed by atoms with van der Waals surface area (Å²) in [6.07, 6.45) is 9.73. The average molecular weight is 637 g/mol. The second-order valence-electron chi connectivity index (χ2n) is 17.4. The topological polar surface area (TPSA) is 69.7 Å². The summed E-state index contributed by atoms with van der Waals surface area (Å²) in [5.74, 6) is 0.887. The molecule has 0 amide bonds. The van der Waals surface area contributed by atoms with Crippen LogP contribution in [0.15, 0.2) is 22.8 Å². The molecule has 0 radical (unpaired) electrons. The Morgan fingerprint density at radius 2 is 1.55 bits per heavy atom. The number of fused-ring (bicyclic) bond motifs is 1. The van der Waals surface area contributed by atoms with E-state index >= 15 is 0 Å². The van der Waals surface area contributed by atoms with Crippen molar-refractivity contribution in [3.63, 3.8) is 0 Å². The first kappa shape index (κ1) is 34.3. The van der Waals surface area contributed by atoms with Crippen LogP contribution in [0, 0.1) is 23.2 Å². The Morgan fingerprint density at radius 1 is 0.952 bits per heavy atom. The highest BCUT2D eigenvalue weighted by Crippen LogP contribution is 2.59. The third kappa shape index (κ3) is 6.27. The molecule has 4 rings (SSSR count). The quantitative estimate of drug-likeness (QED) is 0.159. The lowest BCUT2D eigenvalue weighted by Gasteiger charge is -2.45. The molecule has 1 unspecified atom stereocenters. The number of carbonyl (C=O) groups excluding carboxylic acids is 1. The van der Waals surface area contributed by atoms with Gasteiger partial charge in [-0.3, -0.25) is 0 Å². The Labute approximate surface area is 259 Å². The molecule has 1 heterocycles. The van der Waals surface area contributed by atoms with Gasteiger partial charge in [0.1, 0.15) is 11.5 Å². The van der Waals surface area contributed by atoms with E-state index in [4.69, 9.17) is 8.85 Å². The Balaban J connectivity index is 1.75. The van der Waals surface area contributed by atoms with E-state index in [1.54, 1.807) is 0 Å². The van der Waals surface area contributed by atoms with Crippen molar-refractivity contribution in [2.45, 2.75) is 154 Å². The van der Waals surface area contributed by atoms with Gasteiger partial charge < -0.3 is 13.6 Å². The van der Waals surface area contributed by atoms with Crippen molar-refractivity contribution >= 4 is 32.8 Å². The molecular weight excluding hydrogens is 577 g/mol. The molecule has 0 aromatic carbocycles. The first-order chi connectivity index (χ1) is 19.0. The standard InChI is InChI=1S/C34H60O5SSi2/c1-23(21-35)28-15-16-29-24(14-13-17-34(28,29)8)18-31-26-19-25(38-41(9,10)32(2,3)4)20-30(27(26)22-40(31,36)37)39-42(11,12)33(5,6)7/h18,21,23,25,28-31H,13-17,19-20,22H2,1-12H3/b24-18+/t23-,25-,28-,29-,30+,31-,34?/m1/s1. The largest absolute Gasteiger partial charge is 0.414 e. The van der Waals surface area contributed by atoms with Crippen molar-refractivity contribution in [2.24, 2.45) is 23.2 Å². The maximum atomic E-state index is 14.0. The van der Waals surface area contributed by atoms with E-state index in [-0.39, 0.29) is 39.4 Å². The zero-order valence-corrected chi connectivity index (χ0v) is 31.5. The molecule has 240 valence electrons. The molecule has 3 aliphatic carbocycles. The zero-order valence-electron chi connectivity index (χ0n) is 28.7. The fourth-order valence-corrected chi connectivity index (χ4v) is 12.7. The van der Waals surface area contributed by atoms with E-state index in [0.717, 1.165) is 56.0 Å². The minimum Gasteiger partial charge on any atom is -0.414 e. The Morgan fingerprint density at radius 3 is 2.12 bits per heavy atom. The molecule has 0 spiro atoms. The van der Waals surface area contributed by atoms with Crippen molar-refractivity contribution in [1.82, 2.24) is 0 Å². The highest BCUT2D eigenvalue weighted by atomic mass is 32.2. The molecule has 2 saturated carbocycles. The van der Waals surface area contributed by atoms with Gasteiger partial charge in [0.2, 0.25) is 0 Å². The molecule has 8 heteroatoms. The number of allylic oxidation sites excluding steroid dienone is 1. The Bertz CT molecular complexity index is 1220. The fraction of sp³-hybridized carbons (Fsp3) is 0.853. The van der Waals surface area contributed by atoms with E-state index in [2.05, 4.69) is 87.7 Å². The van der Waals surface area contributed by atoms with Crippen LogP contribution in [-0.2, 0) is 23.5 Å². The second-order valence-corrected chi connectivity index (χ2v) is 29.1. The SMILES string of the molecule is C[C@H](C=O)[C@H]1CC[C@@H]2/C(=C/[C@@H]3C4=C(CS3(=O)=O)[C@@H](O[Si](C)(C)C(C)(C)C)C[C@H](O[Si](C)(C)C(C)(C)C)C4)CCCC21C. The summed E-state index contributed by atoms with van der Waals surface area (Å²) in [7, 11) is -7.61. The lowest BCUT2D eigenvalue weighted by atomic mass is 9.61. The van der Waals surface area contributed by atoms with Gasteiger partial charge >= 0.3 is 0 Å². The van der Waals surface area contributed by atoms with Crippen LogP contribution in [0.25, 0.3) is 0 Å². The van der Waals surface area contributed by atoms with Gasteiger partial charge in [0.25, 0.3) is 0 Å². The van der Waals surface area contributed by atoms with Crippen molar-refractivity contribution in [3.8, 4) is 0 Å². The van der Waals surface area contributed by atoms with E-state index in [9.17, 15) is 13.2 Å². The first-order valence-electron chi connectivity index (χ1n) is 16.5. The van der Waals surface area contributed by atoms with Crippen molar-refractivity contribution in [2.75, 3.05) is 5.75 Å². The molecule has 0 bridgehead atoms. The number of carbonyl (C=O) groups is 1. The van der Waals surface area contributed by atoms with Crippen LogP contribution in [0.4, 0.5) is 0 Å². The predicted octanol–water partition coefficient (Wildman–Crippen LogP) is 8.63. The summed E-state index contributed by atoms with van der Waals surface area (Å²) >= 11 is 0. The highest BCUT2D eigenvalue weighted by molar-refractivity contribution is 7.92. The monoisotopic (exact) mass is 636 g/mol. The third-order valence-electron chi connectivity index (χ3n) is 12.6. The number of sulfone groups is 1. The number of aldehydes is 1. The van der Waals surface area contributed by atoms with E-state index < -0.39 is 31.7 Å². The fourth-order valence-electron chi connectivity index (χ4n) is 8.03. The van der Waals surface area contributed by atoms with Crippen LogP contribution in [-0.4, -0.2) is 54.5 Å². The maximum Gasteiger partial charge on any atom is 0.192 e. The van der Waals surface area contributed by atoms with Crippen LogP contribution in [0.5, 0.6) is 0 Å². The van der Waals surface area contributed by atoms with Gasteiger partial charge in [-0.15, -0.1) is 0 Å². The number of hydrogen-bond acceptors (Lipinski definition) is 5. The van der Waals surface area contributed by atoms with Gasteiger partial charge in [0.05, 0.1) is 18.0 Å². The Hall–Kier alpha value is -0.546. The van der Waals surface area contributed by atoms with Gasteiger partial charge in [0, 0.05) is 12.3 Å². The minimum absolute atomic E-state index is 0.0318. The molecule has 0 aromatic heterocycles. The van der Waals surface area contributed by atoms with Crippen molar-refractivity contribution < 1.29 is 22.1 Å². The summed E-state index contributed by atoms with van der Waals surface area (Å²) in [6, 6.07) is 0. The molecule has 42 heavy (non-hydrogen) atoms. The molecular formula is C34H60O5SSi2. The summed E-state index contributed by atoms with van der Waals surface area (Å²) in [5.41, 5.74) is 3.47. The van der Waals surface area contributed by atoms with E-state index in [0.29, 0.717) is 18.3 Å². The van der Waals surface area contributed by atoms with Gasteiger partial charge in [-0.1, -0.05) is 67.0 Å². The van der Waals surface area contributed by atoms with Crippen LogP contribution in [0.3, 0.4) is 0 Å². The number of hydrogen-bond donors (Lipinski definition) is 0. The smallest absolute Gasteiger partial charge is 0.192 e. The van der Waals surface area contributed by atoms with Crippen molar-refractivity contribution in [1.29, 1.82) is 0 Å². The molecule has 0 N–H and O–H groups in total. The van der Waals surface area contributed by atoms with Crippen LogP contribution in [0.2, 0.25) is 36.3 Å². The first-order valence-corrected chi connectivity index (χ1v) is 24.0.